The Hall–Kier alpha value is -0.860. The van der Waals surface area contributed by atoms with Gasteiger partial charge in [0.05, 0.1) is 0 Å². The van der Waals surface area contributed by atoms with Gasteiger partial charge >= 0.3 is 0 Å². The van der Waals surface area contributed by atoms with Gasteiger partial charge in [-0.15, -0.1) is 0 Å². The maximum Gasteiger partial charge on any atom is 0.236 e. The quantitative estimate of drug-likeness (QED) is 0.669. The molecular formula is C15H23NO2. The second-order valence-corrected chi connectivity index (χ2v) is 6.93. The third-order valence-electron chi connectivity index (χ3n) is 5.61. The number of amides is 1. The van der Waals surface area contributed by atoms with Crippen LogP contribution in [0.3, 0.4) is 0 Å². The first kappa shape index (κ1) is 12.2. The fraction of sp³-hybridized carbons (Fsp3) is 0.867. The molecule has 18 heavy (non-hydrogen) atoms. The Morgan fingerprint density at radius 1 is 1.22 bits per heavy atom. The molecule has 0 N–H and O–H groups in total. The van der Waals surface area contributed by atoms with Crippen molar-refractivity contribution in [2.45, 2.75) is 52.4 Å². The average Bonchev–Trinajstić information content (AvgIpc) is 2.90. The molecule has 1 aliphatic heterocycles. The van der Waals surface area contributed by atoms with Crippen molar-refractivity contribution < 1.29 is 9.59 Å². The first-order valence-corrected chi connectivity index (χ1v) is 7.33. The van der Waals surface area contributed by atoms with Crippen LogP contribution in [0.15, 0.2) is 0 Å². The van der Waals surface area contributed by atoms with Crippen LogP contribution >= 0.6 is 0 Å². The minimum Gasteiger partial charge on any atom is -0.342 e. The number of hydrogen-bond donors (Lipinski definition) is 0. The number of hydrogen-bond acceptors (Lipinski definition) is 2. The highest BCUT2D eigenvalue weighted by Crippen LogP contribution is 2.60. The molecule has 2 saturated carbocycles. The monoisotopic (exact) mass is 249 g/mol. The van der Waals surface area contributed by atoms with E-state index in [9.17, 15) is 9.59 Å². The van der Waals surface area contributed by atoms with Crippen molar-refractivity contribution in [3.05, 3.63) is 0 Å². The maximum atomic E-state index is 12.8. The number of nitrogens with zero attached hydrogens (tertiary/aromatic N) is 1. The molecule has 0 aromatic heterocycles. The van der Waals surface area contributed by atoms with E-state index in [1.165, 1.54) is 6.42 Å². The predicted octanol–water partition coefficient (Wildman–Crippen LogP) is 2.39. The zero-order chi connectivity index (χ0) is 13.0. The van der Waals surface area contributed by atoms with Crippen molar-refractivity contribution >= 4 is 11.7 Å². The Morgan fingerprint density at radius 3 is 2.44 bits per heavy atom. The number of piperidine rings is 1. The number of Topliss-reactive ketones (excluding diaryl/α,β-unsaturated/α-hetero) is 1. The second kappa shape index (κ2) is 3.82. The topological polar surface area (TPSA) is 37.4 Å². The molecule has 2 bridgehead atoms. The second-order valence-electron chi connectivity index (χ2n) is 6.93. The highest BCUT2D eigenvalue weighted by molar-refractivity contribution is 6.10. The van der Waals surface area contributed by atoms with Crippen LogP contribution in [-0.2, 0) is 9.59 Å². The first-order valence-electron chi connectivity index (χ1n) is 7.33. The lowest BCUT2D eigenvalue weighted by molar-refractivity contribution is -0.152. The van der Waals surface area contributed by atoms with Crippen molar-refractivity contribution in [1.29, 1.82) is 0 Å². The Morgan fingerprint density at radius 2 is 1.89 bits per heavy atom. The molecule has 0 aromatic rings. The lowest BCUT2D eigenvalue weighted by atomic mass is 9.70. The normalized spacial score (nSPS) is 38.2. The summed E-state index contributed by atoms with van der Waals surface area (Å²) in [7, 11) is 0. The number of likely N-dealkylation sites (tertiary alicyclic amines) is 1. The summed E-state index contributed by atoms with van der Waals surface area (Å²) in [4.78, 5) is 27.4. The summed E-state index contributed by atoms with van der Waals surface area (Å²) >= 11 is 0. The Labute approximate surface area is 109 Å². The van der Waals surface area contributed by atoms with E-state index in [0.29, 0.717) is 5.92 Å². The van der Waals surface area contributed by atoms with Crippen LogP contribution in [0.1, 0.15) is 52.4 Å². The molecule has 2 atom stereocenters. The summed E-state index contributed by atoms with van der Waals surface area (Å²) in [5, 5.41) is 0. The molecule has 0 aromatic carbocycles. The van der Waals surface area contributed by atoms with E-state index in [2.05, 4.69) is 0 Å². The van der Waals surface area contributed by atoms with Crippen LogP contribution < -0.4 is 0 Å². The van der Waals surface area contributed by atoms with Crippen LogP contribution in [0.4, 0.5) is 0 Å². The molecule has 3 rings (SSSR count). The molecule has 2 unspecified atom stereocenters. The van der Waals surface area contributed by atoms with E-state index >= 15 is 0 Å². The standard InChI is InChI=1S/C15H23NO2/c1-14(2)11-6-7-15(10-11,12(14)17)13(18)16-8-4-3-5-9-16/h11H,3-10H2,1-2H3. The van der Waals surface area contributed by atoms with Gasteiger partial charge in [-0.05, 0) is 44.4 Å². The smallest absolute Gasteiger partial charge is 0.236 e. The molecule has 3 heteroatoms. The van der Waals surface area contributed by atoms with Crippen molar-refractivity contribution in [1.82, 2.24) is 4.90 Å². The van der Waals surface area contributed by atoms with Gasteiger partial charge in [-0.3, -0.25) is 9.59 Å². The Kier molecular flexibility index (Phi) is 2.58. The zero-order valence-electron chi connectivity index (χ0n) is 11.5. The molecule has 1 amide bonds. The first-order chi connectivity index (χ1) is 8.48. The van der Waals surface area contributed by atoms with Crippen molar-refractivity contribution in [3.63, 3.8) is 0 Å². The van der Waals surface area contributed by atoms with Crippen LogP contribution in [0, 0.1) is 16.7 Å². The molecule has 3 fully saturated rings. The summed E-state index contributed by atoms with van der Waals surface area (Å²) < 4.78 is 0. The number of fused-ring (bicyclic) bond motifs is 2. The highest BCUT2D eigenvalue weighted by atomic mass is 16.2. The minimum atomic E-state index is -0.633. The van der Waals surface area contributed by atoms with Gasteiger partial charge in [0.25, 0.3) is 0 Å². The summed E-state index contributed by atoms with van der Waals surface area (Å²) in [6.45, 7) is 5.78. The third kappa shape index (κ3) is 1.42. The largest absolute Gasteiger partial charge is 0.342 e. The van der Waals surface area contributed by atoms with Gasteiger partial charge in [0.15, 0.2) is 5.78 Å². The summed E-state index contributed by atoms with van der Waals surface area (Å²) in [6, 6.07) is 0. The minimum absolute atomic E-state index is 0.153. The fourth-order valence-electron chi connectivity index (χ4n) is 4.36. The zero-order valence-corrected chi connectivity index (χ0v) is 11.5. The van der Waals surface area contributed by atoms with E-state index in [-0.39, 0.29) is 17.1 Å². The number of carbonyl (C=O) groups excluding carboxylic acids is 2. The Bertz CT molecular complexity index is 395. The highest BCUT2D eigenvalue weighted by Gasteiger charge is 2.65. The van der Waals surface area contributed by atoms with Crippen molar-refractivity contribution in [2.24, 2.45) is 16.7 Å². The lowest BCUT2D eigenvalue weighted by Gasteiger charge is -2.37. The molecule has 1 heterocycles. The lowest BCUT2D eigenvalue weighted by Crippen LogP contribution is -2.50. The van der Waals surface area contributed by atoms with Crippen molar-refractivity contribution in [2.75, 3.05) is 13.1 Å². The van der Waals surface area contributed by atoms with E-state index in [1.807, 2.05) is 18.7 Å². The molecule has 1 saturated heterocycles. The molecule has 0 spiro atoms. The van der Waals surface area contributed by atoms with Crippen LogP contribution in [0.5, 0.6) is 0 Å². The van der Waals surface area contributed by atoms with Crippen LogP contribution in [-0.4, -0.2) is 29.7 Å². The predicted molar refractivity (Wildman–Crippen MR) is 69.0 cm³/mol. The van der Waals surface area contributed by atoms with Gasteiger partial charge < -0.3 is 4.90 Å². The summed E-state index contributed by atoms with van der Waals surface area (Å²) in [6.07, 6.45) is 6.09. The maximum absolute atomic E-state index is 12.8. The van der Waals surface area contributed by atoms with E-state index in [1.54, 1.807) is 0 Å². The summed E-state index contributed by atoms with van der Waals surface area (Å²) in [5.41, 5.74) is -0.908. The SMILES string of the molecule is CC1(C)C(=O)C2(C(=O)N3CCCCC3)CCC1C2. The molecule has 3 aliphatic rings. The molecule has 100 valence electrons. The average molecular weight is 249 g/mol. The summed E-state index contributed by atoms with van der Waals surface area (Å²) in [5.74, 6) is 0.806. The van der Waals surface area contributed by atoms with E-state index in [0.717, 1.165) is 45.2 Å². The van der Waals surface area contributed by atoms with Gasteiger partial charge in [-0.1, -0.05) is 13.8 Å². The molecule has 3 nitrogen and oxygen atoms in total. The van der Waals surface area contributed by atoms with Gasteiger partial charge in [-0.25, -0.2) is 0 Å². The van der Waals surface area contributed by atoms with Crippen LogP contribution in [0.2, 0.25) is 0 Å². The van der Waals surface area contributed by atoms with Gasteiger partial charge in [-0.2, -0.15) is 0 Å². The van der Waals surface area contributed by atoms with E-state index in [4.69, 9.17) is 0 Å². The molecule has 0 radical (unpaired) electrons. The van der Waals surface area contributed by atoms with Gasteiger partial charge in [0.1, 0.15) is 5.41 Å². The molecule has 2 aliphatic carbocycles. The third-order valence-corrected chi connectivity index (χ3v) is 5.61. The van der Waals surface area contributed by atoms with E-state index < -0.39 is 5.41 Å². The van der Waals surface area contributed by atoms with Crippen LogP contribution in [0.25, 0.3) is 0 Å². The van der Waals surface area contributed by atoms with Gasteiger partial charge in [0.2, 0.25) is 5.91 Å². The number of rotatable bonds is 1. The van der Waals surface area contributed by atoms with Gasteiger partial charge in [0, 0.05) is 18.5 Å². The Balaban J connectivity index is 1.87. The molecular weight excluding hydrogens is 226 g/mol. The fourth-order valence-corrected chi connectivity index (χ4v) is 4.36. The number of carbonyl (C=O) groups is 2. The van der Waals surface area contributed by atoms with Crippen molar-refractivity contribution in [3.8, 4) is 0 Å². The number of ketones is 1.